The quantitative estimate of drug-likeness (QED) is 0.336. The first-order valence-corrected chi connectivity index (χ1v) is 11.5. The third-order valence-electron chi connectivity index (χ3n) is 5.10. The van der Waals surface area contributed by atoms with E-state index in [0.717, 1.165) is 60.0 Å². The standard InChI is InChI=1S/C21H18F6O2S2/c22-20(23,24)19(21(25,26)27,13-1-5-15(6-2-13)28-9-17-11-30-17)14-3-7-16(8-4-14)29-10-18-12-31-18/h1-8,17-18H,9-12H2. The Morgan fingerprint density at radius 3 is 1.23 bits per heavy atom. The molecule has 2 nitrogen and oxygen atoms in total. The van der Waals surface area contributed by atoms with E-state index in [1.165, 1.54) is 0 Å². The molecule has 0 saturated carbocycles. The zero-order valence-electron chi connectivity index (χ0n) is 16.0. The summed E-state index contributed by atoms with van der Waals surface area (Å²) in [4.78, 5) is 0. The lowest BCUT2D eigenvalue weighted by molar-refractivity contribution is -0.288. The zero-order chi connectivity index (χ0) is 22.3. The first-order chi connectivity index (χ1) is 14.6. The van der Waals surface area contributed by atoms with E-state index in [4.69, 9.17) is 9.47 Å². The molecule has 0 aliphatic carbocycles. The van der Waals surface area contributed by atoms with Gasteiger partial charge in [0, 0.05) is 22.0 Å². The van der Waals surface area contributed by atoms with E-state index >= 15 is 0 Å². The van der Waals surface area contributed by atoms with Crippen molar-refractivity contribution < 1.29 is 35.8 Å². The maximum absolute atomic E-state index is 14.2. The third-order valence-corrected chi connectivity index (χ3v) is 6.98. The van der Waals surface area contributed by atoms with Gasteiger partial charge in [0.1, 0.15) is 24.7 Å². The van der Waals surface area contributed by atoms with Crippen LogP contribution < -0.4 is 9.47 Å². The molecule has 2 saturated heterocycles. The van der Waals surface area contributed by atoms with Gasteiger partial charge in [-0.15, -0.1) is 0 Å². The fraction of sp³-hybridized carbons (Fsp3) is 0.429. The molecule has 2 atom stereocenters. The molecule has 2 aliphatic heterocycles. The molecule has 31 heavy (non-hydrogen) atoms. The summed E-state index contributed by atoms with van der Waals surface area (Å²) in [5, 5.41) is 0.645. The lowest BCUT2D eigenvalue weighted by Gasteiger charge is -2.38. The molecule has 2 aromatic rings. The van der Waals surface area contributed by atoms with Gasteiger partial charge in [0.25, 0.3) is 0 Å². The average Bonchev–Trinajstić information content (AvgIpc) is 3.60. The van der Waals surface area contributed by atoms with Crippen molar-refractivity contribution in [3.63, 3.8) is 0 Å². The predicted molar refractivity (Wildman–Crippen MR) is 109 cm³/mol. The number of hydrogen-bond acceptors (Lipinski definition) is 4. The summed E-state index contributed by atoms with van der Waals surface area (Å²) in [7, 11) is 0. The minimum Gasteiger partial charge on any atom is -0.492 e. The molecule has 0 spiro atoms. The second-order valence-corrected chi connectivity index (χ2v) is 9.99. The van der Waals surface area contributed by atoms with Crippen molar-refractivity contribution in [3.8, 4) is 11.5 Å². The van der Waals surface area contributed by atoms with Gasteiger partial charge in [0.05, 0.1) is 0 Å². The Kier molecular flexibility index (Phi) is 6.06. The van der Waals surface area contributed by atoms with Gasteiger partial charge in [-0.25, -0.2) is 0 Å². The van der Waals surface area contributed by atoms with Crippen molar-refractivity contribution in [2.24, 2.45) is 0 Å². The maximum atomic E-state index is 14.2. The first kappa shape index (κ1) is 22.5. The molecule has 2 aromatic carbocycles. The molecule has 0 radical (unpaired) electrons. The summed E-state index contributed by atoms with van der Waals surface area (Å²) < 4.78 is 96.0. The van der Waals surface area contributed by atoms with E-state index < -0.39 is 28.9 Å². The van der Waals surface area contributed by atoms with E-state index in [1.54, 1.807) is 23.5 Å². The highest BCUT2D eigenvalue weighted by Crippen LogP contribution is 2.56. The second-order valence-electron chi connectivity index (χ2n) is 7.33. The van der Waals surface area contributed by atoms with Crippen LogP contribution in [-0.2, 0) is 5.41 Å². The average molecular weight is 480 g/mol. The number of ether oxygens (including phenoxy) is 2. The molecular formula is C21H18F6O2S2. The fourth-order valence-electron chi connectivity index (χ4n) is 3.29. The second kappa shape index (κ2) is 8.35. The maximum Gasteiger partial charge on any atom is 0.411 e. The van der Waals surface area contributed by atoms with E-state index in [9.17, 15) is 26.3 Å². The molecule has 2 heterocycles. The largest absolute Gasteiger partial charge is 0.492 e. The minimum atomic E-state index is -5.62. The molecule has 0 aromatic heterocycles. The van der Waals surface area contributed by atoms with Gasteiger partial charge in [-0.1, -0.05) is 24.3 Å². The van der Waals surface area contributed by atoms with Gasteiger partial charge in [0.15, 0.2) is 0 Å². The fourth-order valence-corrected chi connectivity index (χ4v) is 4.08. The van der Waals surface area contributed by atoms with Crippen LogP contribution in [0.15, 0.2) is 48.5 Å². The third kappa shape index (κ3) is 4.74. The van der Waals surface area contributed by atoms with Crippen LogP contribution in [0.2, 0.25) is 0 Å². The van der Waals surface area contributed by atoms with Gasteiger partial charge in [0.2, 0.25) is 5.41 Å². The van der Waals surface area contributed by atoms with Crippen LogP contribution in [0.5, 0.6) is 11.5 Å². The highest BCUT2D eigenvalue weighted by molar-refractivity contribution is 8.07. The van der Waals surface area contributed by atoms with Crippen LogP contribution in [-0.4, -0.2) is 47.6 Å². The van der Waals surface area contributed by atoms with Crippen molar-refractivity contribution in [2.45, 2.75) is 28.3 Å². The molecule has 10 heteroatoms. The summed E-state index contributed by atoms with van der Waals surface area (Å²) in [6, 6.07) is 7.96. The lowest BCUT2D eigenvalue weighted by atomic mass is 9.73. The highest BCUT2D eigenvalue weighted by Gasteiger charge is 2.72. The van der Waals surface area contributed by atoms with E-state index in [0.29, 0.717) is 23.7 Å². The van der Waals surface area contributed by atoms with E-state index in [2.05, 4.69) is 0 Å². The first-order valence-electron chi connectivity index (χ1n) is 9.44. The van der Waals surface area contributed by atoms with Crippen LogP contribution in [0.1, 0.15) is 11.1 Å². The normalized spacial score (nSPS) is 21.0. The van der Waals surface area contributed by atoms with Gasteiger partial charge < -0.3 is 9.47 Å². The Balaban J connectivity index is 1.68. The molecule has 0 amide bonds. The van der Waals surface area contributed by atoms with Crippen LogP contribution in [0.25, 0.3) is 0 Å². The summed E-state index contributed by atoms with van der Waals surface area (Å²) >= 11 is 3.35. The number of benzene rings is 2. The number of rotatable bonds is 8. The minimum absolute atomic E-state index is 0.233. The molecule has 0 bridgehead atoms. The smallest absolute Gasteiger partial charge is 0.411 e. The Morgan fingerprint density at radius 1 is 0.645 bits per heavy atom. The molecule has 2 aliphatic rings. The van der Waals surface area contributed by atoms with Crippen molar-refractivity contribution >= 4 is 23.5 Å². The van der Waals surface area contributed by atoms with Gasteiger partial charge >= 0.3 is 12.4 Å². The monoisotopic (exact) mass is 480 g/mol. The predicted octanol–water partition coefficient (Wildman–Crippen LogP) is 6.09. The van der Waals surface area contributed by atoms with Crippen LogP contribution in [0.4, 0.5) is 26.3 Å². The Hall–Kier alpha value is -1.68. The van der Waals surface area contributed by atoms with Gasteiger partial charge in [-0.2, -0.15) is 49.9 Å². The van der Waals surface area contributed by atoms with Crippen molar-refractivity contribution in [1.82, 2.24) is 0 Å². The van der Waals surface area contributed by atoms with E-state index in [-0.39, 0.29) is 11.5 Å². The van der Waals surface area contributed by atoms with Crippen molar-refractivity contribution in [1.29, 1.82) is 0 Å². The molecule has 2 fully saturated rings. The summed E-state index contributed by atoms with van der Waals surface area (Å²) in [6.45, 7) is 0.739. The molecule has 0 N–H and O–H groups in total. The summed E-state index contributed by atoms with van der Waals surface area (Å²) in [5.74, 6) is 2.33. The van der Waals surface area contributed by atoms with Crippen LogP contribution in [0, 0.1) is 0 Å². The number of alkyl halides is 6. The van der Waals surface area contributed by atoms with Crippen LogP contribution in [0.3, 0.4) is 0 Å². The molecule has 168 valence electrons. The lowest BCUT2D eigenvalue weighted by Crippen LogP contribution is -2.54. The molecule has 2 unspecified atom stereocenters. The van der Waals surface area contributed by atoms with Gasteiger partial charge in [-0.3, -0.25) is 0 Å². The molecule has 4 rings (SSSR count). The zero-order valence-corrected chi connectivity index (χ0v) is 17.6. The Bertz CT molecular complexity index is 813. The Labute approximate surface area is 183 Å². The molecular weight excluding hydrogens is 462 g/mol. The van der Waals surface area contributed by atoms with Crippen molar-refractivity contribution in [2.75, 3.05) is 24.7 Å². The highest BCUT2D eigenvalue weighted by atomic mass is 32.2. The van der Waals surface area contributed by atoms with E-state index in [1.807, 2.05) is 0 Å². The SMILES string of the molecule is FC(F)(F)C(c1ccc(OCC2CS2)cc1)(c1ccc(OCC2CS2)cc1)C(F)(F)F. The summed E-state index contributed by atoms with van der Waals surface area (Å²) in [6.07, 6.45) is -11.2. The number of hydrogen-bond donors (Lipinski definition) is 0. The number of halogens is 6. The van der Waals surface area contributed by atoms with Crippen molar-refractivity contribution in [3.05, 3.63) is 59.7 Å². The number of thioether (sulfide) groups is 2. The summed E-state index contributed by atoms with van der Waals surface area (Å²) in [5.41, 5.74) is -6.00. The Morgan fingerprint density at radius 2 is 0.968 bits per heavy atom. The van der Waals surface area contributed by atoms with Crippen LogP contribution >= 0.6 is 23.5 Å². The topological polar surface area (TPSA) is 18.5 Å². The van der Waals surface area contributed by atoms with Gasteiger partial charge in [-0.05, 0) is 35.4 Å².